The van der Waals surface area contributed by atoms with Crippen LogP contribution in [-0.4, -0.2) is 15.8 Å². The summed E-state index contributed by atoms with van der Waals surface area (Å²) < 4.78 is 0. The van der Waals surface area contributed by atoms with E-state index in [1.807, 2.05) is 92.7 Å². The van der Waals surface area contributed by atoms with Gasteiger partial charge in [0.05, 0.1) is 17.0 Å². The van der Waals surface area contributed by atoms with Crippen LogP contribution in [-0.2, 0) is 5.54 Å². The van der Waals surface area contributed by atoms with Gasteiger partial charge in [0.1, 0.15) is 0 Å². The highest BCUT2D eigenvalue weighted by Gasteiger charge is 2.18. The van der Waals surface area contributed by atoms with Crippen molar-refractivity contribution >= 4 is 22.3 Å². The van der Waals surface area contributed by atoms with Gasteiger partial charge in [-0.15, -0.1) is 0 Å². The van der Waals surface area contributed by atoms with Crippen molar-refractivity contribution in [3.63, 3.8) is 0 Å². The van der Waals surface area contributed by atoms with E-state index >= 15 is 0 Å². The van der Waals surface area contributed by atoms with Gasteiger partial charge in [0.15, 0.2) is 5.88 Å². The number of aromatic nitrogens is 1. The number of fused-ring (bicyclic) bond motifs is 1. The molecule has 1 heterocycles. The van der Waals surface area contributed by atoms with Crippen LogP contribution in [0.15, 0.2) is 83.9 Å². The molecule has 1 aromatic heterocycles. The van der Waals surface area contributed by atoms with E-state index in [4.69, 9.17) is 10.7 Å². The molecule has 4 N–H and O–H groups in total. The van der Waals surface area contributed by atoms with Crippen molar-refractivity contribution in [3.05, 3.63) is 95.6 Å². The normalized spacial score (nSPS) is 12.5. The Bertz CT molecular complexity index is 1130. The maximum atomic E-state index is 10.6. The Kier molecular flexibility index (Phi) is 4.49. The number of nitrogens with zero attached hydrogens (tertiary/aromatic N) is 1. The number of nitrogens with two attached hydrogens (primary N) is 1. The molecule has 0 aliphatic heterocycles. The average molecular weight is 369 g/mol. The number of para-hydroxylation sites is 1. The van der Waals surface area contributed by atoms with Gasteiger partial charge in [-0.05, 0) is 37.6 Å². The van der Waals surface area contributed by atoms with Gasteiger partial charge in [0.25, 0.3) is 0 Å². The third kappa shape index (κ3) is 3.42. The molecule has 4 rings (SSSR count). The number of nitrogens with one attached hydrogen (secondary N) is 1. The van der Waals surface area contributed by atoms with Crippen LogP contribution in [0.4, 0.5) is 5.69 Å². The van der Waals surface area contributed by atoms with Crippen molar-refractivity contribution in [3.8, 4) is 5.88 Å². The lowest BCUT2D eigenvalue weighted by Crippen LogP contribution is -2.28. The number of aromatic hydroxyl groups is 1. The van der Waals surface area contributed by atoms with Gasteiger partial charge in [0.2, 0.25) is 0 Å². The van der Waals surface area contributed by atoms with Gasteiger partial charge in [-0.3, -0.25) is 0 Å². The zero-order valence-corrected chi connectivity index (χ0v) is 16.0. The zero-order chi connectivity index (χ0) is 19.7. The molecule has 0 saturated heterocycles. The SMILES string of the molecule is CC(C)(N)c1ccc(N=C(c2ccccc2)c2c(O)[nH]c3ccccc23)cc1. The predicted octanol–water partition coefficient (Wildman–Crippen LogP) is 5.24. The van der Waals surface area contributed by atoms with Crippen LogP contribution in [0.1, 0.15) is 30.5 Å². The molecule has 4 aromatic rings. The molecule has 4 nitrogen and oxygen atoms in total. The molecular weight excluding hydrogens is 346 g/mol. The topological polar surface area (TPSA) is 74.4 Å². The second kappa shape index (κ2) is 6.98. The van der Waals surface area contributed by atoms with E-state index in [0.29, 0.717) is 5.56 Å². The Morgan fingerprint density at radius 1 is 0.893 bits per heavy atom. The fourth-order valence-electron chi connectivity index (χ4n) is 3.32. The Hall–Kier alpha value is -3.37. The van der Waals surface area contributed by atoms with Crippen molar-refractivity contribution in [1.82, 2.24) is 4.98 Å². The molecule has 4 heteroatoms. The van der Waals surface area contributed by atoms with E-state index in [9.17, 15) is 5.11 Å². The van der Waals surface area contributed by atoms with Gasteiger partial charge >= 0.3 is 0 Å². The number of H-pyrrole nitrogens is 1. The molecule has 0 bridgehead atoms. The molecule has 140 valence electrons. The summed E-state index contributed by atoms with van der Waals surface area (Å²) in [6, 6.07) is 25.6. The minimum atomic E-state index is -0.403. The summed E-state index contributed by atoms with van der Waals surface area (Å²) in [4.78, 5) is 7.95. The van der Waals surface area contributed by atoms with Gasteiger partial charge in [0, 0.05) is 22.0 Å². The number of hydrogen-bond donors (Lipinski definition) is 3. The standard InChI is InChI=1S/C24H23N3O/c1-24(2,25)17-12-14-18(15-13-17)26-22(16-8-4-3-5-9-16)21-19-10-6-7-11-20(19)27-23(21)28/h3-15,27-28H,25H2,1-2H3. The zero-order valence-electron chi connectivity index (χ0n) is 16.0. The van der Waals surface area contributed by atoms with Crippen molar-refractivity contribution in [1.29, 1.82) is 0 Å². The Morgan fingerprint density at radius 2 is 1.54 bits per heavy atom. The fourth-order valence-corrected chi connectivity index (χ4v) is 3.32. The largest absolute Gasteiger partial charge is 0.494 e. The highest BCUT2D eigenvalue weighted by molar-refractivity contribution is 6.21. The Labute approximate surface area is 164 Å². The van der Waals surface area contributed by atoms with Gasteiger partial charge in [-0.2, -0.15) is 0 Å². The first-order valence-electron chi connectivity index (χ1n) is 9.27. The summed E-state index contributed by atoms with van der Waals surface area (Å²) in [7, 11) is 0. The summed E-state index contributed by atoms with van der Waals surface area (Å²) in [5.41, 5.74) is 10.9. The van der Waals surface area contributed by atoms with Crippen molar-refractivity contribution in [2.75, 3.05) is 0 Å². The highest BCUT2D eigenvalue weighted by atomic mass is 16.3. The summed E-state index contributed by atoms with van der Waals surface area (Å²) in [5.74, 6) is 0.114. The number of hydrogen-bond acceptors (Lipinski definition) is 3. The van der Waals surface area contributed by atoms with Gasteiger partial charge < -0.3 is 15.8 Å². The quantitative estimate of drug-likeness (QED) is 0.431. The van der Waals surface area contributed by atoms with Gasteiger partial charge in [-0.25, -0.2) is 4.99 Å². The first-order valence-corrected chi connectivity index (χ1v) is 9.27. The van der Waals surface area contributed by atoms with E-state index in [0.717, 1.165) is 33.4 Å². The molecule has 0 atom stereocenters. The van der Waals surface area contributed by atoms with Crippen LogP contribution < -0.4 is 5.73 Å². The lowest BCUT2D eigenvalue weighted by Gasteiger charge is -2.19. The highest BCUT2D eigenvalue weighted by Crippen LogP contribution is 2.31. The third-order valence-electron chi connectivity index (χ3n) is 4.82. The number of aromatic amines is 1. The van der Waals surface area contributed by atoms with Gasteiger partial charge in [-0.1, -0.05) is 60.7 Å². The Balaban J connectivity index is 1.90. The second-order valence-electron chi connectivity index (χ2n) is 7.49. The lowest BCUT2D eigenvalue weighted by molar-refractivity contribution is 0.457. The van der Waals surface area contributed by atoms with Crippen LogP contribution in [0, 0.1) is 0 Å². The molecule has 0 amide bonds. The van der Waals surface area contributed by atoms with Crippen molar-refractivity contribution in [2.45, 2.75) is 19.4 Å². The summed E-state index contributed by atoms with van der Waals surface area (Å²) >= 11 is 0. The number of benzene rings is 3. The van der Waals surface area contributed by atoms with E-state index < -0.39 is 5.54 Å². The summed E-state index contributed by atoms with van der Waals surface area (Å²) in [6.07, 6.45) is 0. The van der Waals surface area contributed by atoms with Crippen LogP contribution in [0.3, 0.4) is 0 Å². The number of rotatable bonds is 4. The van der Waals surface area contributed by atoms with Crippen LogP contribution in [0.25, 0.3) is 10.9 Å². The third-order valence-corrected chi connectivity index (χ3v) is 4.82. The summed E-state index contributed by atoms with van der Waals surface area (Å²) in [6.45, 7) is 3.95. The van der Waals surface area contributed by atoms with E-state index in [1.165, 1.54) is 0 Å². The predicted molar refractivity (Wildman–Crippen MR) is 115 cm³/mol. The molecule has 0 saturated carbocycles. The Morgan fingerprint density at radius 3 is 2.21 bits per heavy atom. The van der Waals surface area contributed by atoms with E-state index in [-0.39, 0.29) is 5.88 Å². The monoisotopic (exact) mass is 369 g/mol. The molecule has 0 unspecified atom stereocenters. The number of aliphatic imine (C=N–C) groups is 1. The maximum Gasteiger partial charge on any atom is 0.199 e. The fraction of sp³-hybridized carbons (Fsp3) is 0.125. The smallest absolute Gasteiger partial charge is 0.199 e. The molecule has 0 aliphatic carbocycles. The minimum absolute atomic E-state index is 0.114. The maximum absolute atomic E-state index is 10.6. The molecule has 0 spiro atoms. The average Bonchev–Trinajstić information content (AvgIpc) is 3.02. The van der Waals surface area contributed by atoms with Crippen LogP contribution in [0.5, 0.6) is 5.88 Å². The van der Waals surface area contributed by atoms with Crippen LogP contribution in [0.2, 0.25) is 0 Å². The molecule has 0 radical (unpaired) electrons. The first-order chi connectivity index (χ1) is 13.4. The van der Waals surface area contributed by atoms with Crippen molar-refractivity contribution in [2.24, 2.45) is 10.7 Å². The van der Waals surface area contributed by atoms with E-state index in [2.05, 4.69) is 4.98 Å². The molecule has 3 aromatic carbocycles. The molecular formula is C24H23N3O. The minimum Gasteiger partial charge on any atom is -0.494 e. The molecule has 28 heavy (non-hydrogen) atoms. The van der Waals surface area contributed by atoms with Crippen LogP contribution >= 0.6 is 0 Å². The van der Waals surface area contributed by atoms with Crippen molar-refractivity contribution < 1.29 is 5.11 Å². The second-order valence-corrected chi connectivity index (χ2v) is 7.49. The molecule has 0 aliphatic rings. The first kappa shape index (κ1) is 18.0. The summed E-state index contributed by atoms with van der Waals surface area (Å²) in [5, 5.41) is 11.6. The lowest BCUT2D eigenvalue weighted by atomic mass is 9.95. The molecule has 0 fully saturated rings. The van der Waals surface area contributed by atoms with E-state index in [1.54, 1.807) is 0 Å².